The molecule has 0 N–H and O–H groups in total. The summed E-state index contributed by atoms with van der Waals surface area (Å²) in [5.41, 5.74) is -0.366. The van der Waals surface area contributed by atoms with E-state index >= 15 is 0 Å². The molecule has 1 atom stereocenters. The van der Waals surface area contributed by atoms with Gasteiger partial charge < -0.3 is 9.47 Å². The van der Waals surface area contributed by atoms with E-state index in [2.05, 4.69) is 0 Å². The second kappa shape index (κ2) is 11.3. The third-order valence-electron chi connectivity index (χ3n) is 3.79. The van der Waals surface area contributed by atoms with Gasteiger partial charge in [0.1, 0.15) is 12.1 Å². The van der Waals surface area contributed by atoms with Crippen LogP contribution in [0, 0.1) is 10.1 Å². The van der Waals surface area contributed by atoms with Crippen LogP contribution in [-0.4, -0.2) is 51.8 Å². The van der Waals surface area contributed by atoms with Gasteiger partial charge in [-0.05, 0) is 29.5 Å². The molecule has 2 rings (SSSR count). The zero-order valence-corrected chi connectivity index (χ0v) is 18.6. The number of nitro benzene ring substituents is 1. The van der Waals surface area contributed by atoms with E-state index < -0.39 is 16.4 Å². The lowest BCUT2D eigenvalue weighted by Crippen LogP contribution is -2.50. The molecule has 1 saturated heterocycles. The van der Waals surface area contributed by atoms with Gasteiger partial charge in [0.05, 0.1) is 22.2 Å². The topological polar surface area (TPSA) is 116 Å². The van der Waals surface area contributed by atoms with Crippen molar-refractivity contribution in [2.24, 2.45) is 0 Å². The van der Waals surface area contributed by atoms with E-state index in [1.807, 2.05) is 0 Å². The second-order valence-electron chi connectivity index (χ2n) is 5.97. The number of β-lactam (4-membered cyclic amide) rings is 1. The SMILES string of the molecule is COCCS/C(SC(C)=O)=C(/C(=O)OCc1ccc([N+](=O)[O-])cc1)N1C(=O)CC1Cl. The molecule has 1 aromatic carbocycles. The van der Waals surface area contributed by atoms with Crippen molar-refractivity contribution in [2.75, 3.05) is 19.5 Å². The van der Waals surface area contributed by atoms with Crippen molar-refractivity contribution >= 4 is 57.8 Å². The normalized spacial score (nSPS) is 16.6. The number of hydrogen-bond acceptors (Lipinski definition) is 9. The maximum absolute atomic E-state index is 12.9. The van der Waals surface area contributed by atoms with Gasteiger partial charge in [0.15, 0.2) is 10.8 Å². The molecule has 1 aromatic rings. The van der Waals surface area contributed by atoms with Crippen molar-refractivity contribution in [1.82, 2.24) is 4.90 Å². The molecule has 0 bridgehead atoms. The van der Waals surface area contributed by atoms with Gasteiger partial charge in [0.2, 0.25) is 5.91 Å². The predicted octanol–water partition coefficient (Wildman–Crippen LogP) is 3.26. The van der Waals surface area contributed by atoms with E-state index in [9.17, 15) is 24.5 Å². The minimum atomic E-state index is -0.819. The number of esters is 1. The van der Waals surface area contributed by atoms with E-state index in [0.717, 1.165) is 16.7 Å². The molecule has 1 unspecified atom stereocenters. The molecule has 1 aliphatic heterocycles. The quantitative estimate of drug-likeness (QED) is 0.0735. The smallest absolute Gasteiger partial charge is 0.357 e. The van der Waals surface area contributed by atoms with Crippen LogP contribution in [0.5, 0.6) is 0 Å². The molecule has 30 heavy (non-hydrogen) atoms. The van der Waals surface area contributed by atoms with Crippen LogP contribution >= 0.6 is 35.1 Å². The van der Waals surface area contributed by atoms with Crippen molar-refractivity contribution < 1.29 is 28.8 Å². The lowest BCUT2D eigenvalue weighted by atomic mass is 10.2. The highest BCUT2D eigenvalue weighted by atomic mass is 35.5. The number of carbonyl (C=O) groups is 3. The lowest BCUT2D eigenvalue weighted by Gasteiger charge is -2.37. The van der Waals surface area contributed by atoms with Gasteiger partial charge in [-0.2, -0.15) is 0 Å². The van der Waals surface area contributed by atoms with Crippen LogP contribution in [0.15, 0.2) is 34.2 Å². The summed E-state index contributed by atoms with van der Waals surface area (Å²) in [6, 6.07) is 5.52. The Kier molecular flexibility index (Phi) is 9.15. The summed E-state index contributed by atoms with van der Waals surface area (Å²) in [5, 5.41) is 10.5. The number of nitro groups is 1. The first-order chi connectivity index (χ1) is 14.2. The number of methoxy groups -OCH3 is 1. The van der Waals surface area contributed by atoms with Gasteiger partial charge in [-0.25, -0.2) is 4.79 Å². The largest absolute Gasteiger partial charge is 0.456 e. The minimum Gasteiger partial charge on any atom is -0.456 e. The number of halogens is 1. The number of hydrogen-bond donors (Lipinski definition) is 0. The molecule has 1 amide bonds. The number of rotatable bonds is 10. The molecule has 1 fully saturated rings. The molecule has 0 aliphatic carbocycles. The van der Waals surface area contributed by atoms with E-state index in [4.69, 9.17) is 21.1 Å². The highest BCUT2D eigenvalue weighted by Crippen LogP contribution is 2.39. The van der Waals surface area contributed by atoms with Gasteiger partial charge in [0, 0.05) is 31.9 Å². The molecule has 12 heteroatoms. The first-order valence-corrected chi connectivity index (χ1v) is 10.9. The molecular formula is C18H19ClN2O7S2. The van der Waals surface area contributed by atoms with Crippen molar-refractivity contribution in [3.63, 3.8) is 0 Å². The van der Waals surface area contributed by atoms with Crippen molar-refractivity contribution in [2.45, 2.75) is 25.5 Å². The summed E-state index contributed by atoms with van der Waals surface area (Å²) >= 11 is 8.13. The van der Waals surface area contributed by atoms with Crippen molar-refractivity contribution in [3.8, 4) is 0 Å². The molecule has 162 valence electrons. The van der Waals surface area contributed by atoms with Crippen LogP contribution in [0.3, 0.4) is 0 Å². The lowest BCUT2D eigenvalue weighted by molar-refractivity contribution is -0.384. The molecule has 9 nitrogen and oxygen atoms in total. The minimum absolute atomic E-state index is 0.0709. The van der Waals surface area contributed by atoms with Gasteiger partial charge in [0.25, 0.3) is 5.69 Å². The fourth-order valence-corrected chi connectivity index (χ4v) is 4.82. The van der Waals surface area contributed by atoms with Crippen molar-refractivity contribution in [3.05, 3.63) is 49.9 Å². The highest BCUT2D eigenvalue weighted by molar-refractivity contribution is 8.29. The summed E-state index contributed by atoms with van der Waals surface area (Å²) in [7, 11) is 1.52. The number of benzene rings is 1. The van der Waals surface area contributed by atoms with Crippen molar-refractivity contribution in [1.29, 1.82) is 0 Å². The van der Waals surface area contributed by atoms with Gasteiger partial charge >= 0.3 is 5.97 Å². The third kappa shape index (κ3) is 6.46. The molecule has 0 spiro atoms. The fraction of sp³-hybridized carbons (Fsp3) is 0.389. The number of carbonyl (C=O) groups excluding carboxylic acids is 3. The van der Waals surface area contributed by atoms with Crippen LogP contribution in [0.4, 0.5) is 5.69 Å². The third-order valence-corrected chi connectivity index (χ3v) is 6.24. The maximum atomic E-state index is 12.9. The molecule has 0 aromatic heterocycles. The van der Waals surface area contributed by atoms with Crippen LogP contribution in [0.2, 0.25) is 0 Å². The Morgan fingerprint density at radius 2 is 2.00 bits per heavy atom. The van der Waals surface area contributed by atoms with E-state index in [1.165, 1.54) is 50.1 Å². The summed E-state index contributed by atoms with van der Waals surface area (Å²) in [6.45, 7) is 1.55. The van der Waals surface area contributed by atoms with E-state index in [0.29, 0.717) is 22.2 Å². The van der Waals surface area contributed by atoms with E-state index in [1.54, 1.807) is 0 Å². The average molecular weight is 475 g/mol. The number of nitrogens with zero attached hydrogens (tertiary/aromatic N) is 2. The molecule has 1 heterocycles. The zero-order chi connectivity index (χ0) is 22.3. The molecule has 0 radical (unpaired) electrons. The predicted molar refractivity (Wildman–Crippen MR) is 114 cm³/mol. The summed E-state index contributed by atoms with van der Waals surface area (Å²) in [4.78, 5) is 48.0. The number of likely N-dealkylation sites (tertiary alicyclic amines) is 1. The Labute approximate surface area is 186 Å². The number of thioether (sulfide) groups is 2. The maximum Gasteiger partial charge on any atom is 0.357 e. The summed E-state index contributed by atoms with van der Waals surface area (Å²) in [6.07, 6.45) is 0.0709. The van der Waals surface area contributed by atoms with Crippen LogP contribution in [-0.2, 0) is 30.5 Å². The zero-order valence-electron chi connectivity index (χ0n) is 16.2. The van der Waals surface area contributed by atoms with Crippen LogP contribution in [0.1, 0.15) is 18.9 Å². The summed E-state index contributed by atoms with van der Waals surface area (Å²) in [5.74, 6) is -0.729. The Balaban J connectivity index is 2.25. The Morgan fingerprint density at radius 3 is 2.50 bits per heavy atom. The number of ether oxygens (including phenoxy) is 2. The number of non-ortho nitro benzene ring substituents is 1. The molecule has 0 saturated carbocycles. The van der Waals surface area contributed by atoms with Crippen LogP contribution in [0.25, 0.3) is 0 Å². The Bertz CT molecular complexity index is 861. The standard InChI is InChI=1S/C18H19ClN2O7S2/c1-11(22)30-18(29-8-7-27-2)16(20-14(19)9-15(20)23)17(24)28-10-12-3-5-13(6-4-12)21(25)26/h3-6,14H,7-10H2,1-2H3/b18-16+. The highest BCUT2D eigenvalue weighted by Gasteiger charge is 2.42. The first-order valence-electron chi connectivity index (χ1n) is 8.65. The first kappa shape index (κ1) is 24.2. The van der Waals surface area contributed by atoms with Gasteiger partial charge in [-0.1, -0.05) is 11.6 Å². The second-order valence-corrected chi connectivity index (χ2v) is 9.03. The number of amides is 1. The number of alkyl halides is 1. The van der Waals surface area contributed by atoms with Gasteiger partial charge in [-0.15, -0.1) is 11.8 Å². The van der Waals surface area contributed by atoms with Gasteiger partial charge in [-0.3, -0.25) is 24.6 Å². The molecular weight excluding hydrogens is 456 g/mol. The fourth-order valence-electron chi connectivity index (χ4n) is 2.35. The summed E-state index contributed by atoms with van der Waals surface area (Å²) < 4.78 is 10.6. The Morgan fingerprint density at radius 1 is 1.33 bits per heavy atom. The molecule has 1 aliphatic rings. The Hall–Kier alpha value is -2.08. The monoisotopic (exact) mass is 474 g/mol. The average Bonchev–Trinajstić information content (AvgIpc) is 2.69. The van der Waals surface area contributed by atoms with E-state index in [-0.39, 0.29) is 35.4 Å². The van der Waals surface area contributed by atoms with Crippen LogP contribution < -0.4 is 0 Å².